The largest absolute Gasteiger partial charge is 0.488 e. The van der Waals surface area contributed by atoms with Gasteiger partial charge in [0.05, 0.1) is 0 Å². The highest BCUT2D eigenvalue weighted by atomic mass is 16.5. The number of aromatic nitrogens is 1. The third-order valence-corrected chi connectivity index (χ3v) is 2.76. The van der Waals surface area contributed by atoms with E-state index in [1.807, 2.05) is 30.3 Å². The molecule has 0 saturated carbocycles. The predicted molar refractivity (Wildman–Crippen MR) is 72.2 cm³/mol. The van der Waals surface area contributed by atoms with Crippen molar-refractivity contribution in [2.45, 2.75) is 20.0 Å². The van der Waals surface area contributed by atoms with Crippen molar-refractivity contribution in [1.29, 1.82) is 0 Å². The number of nitrogens with one attached hydrogen (secondary N) is 1. The van der Waals surface area contributed by atoms with Crippen LogP contribution < -0.4 is 16.0 Å². The highest BCUT2D eigenvalue weighted by Gasteiger charge is 2.04. The van der Waals surface area contributed by atoms with Crippen LogP contribution in [0.1, 0.15) is 18.1 Å². The number of nitrogen functional groups attached to an aromatic ring is 1. The third-order valence-electron chi connectivity index (χ3n) is 2.76. The molecule has 0 aliphatic rings. The van der Waals surface area contributed by atoms with Crippen molar-refractivity contribution in [2.75, 3.05) is 5.43 Å². The van der Waals surface area contributed by atoms with E-state index in [-0.39, 0.29) is 0 Å². The van der Waals surface area contributed by atoms with Crippen LogP contribution in [0.15, 0.2) is 42.6 Å². The quantitative estimate of drug-likeness (QED) is 0.625. The summed E-state index contributed by atoms with van der Waals surface area (Å²) in [4.78, 5) is 4.14. The Balaban J connectivity index is 2.11. The van der Waals surface area contributed by atoms with E-state index in [2.05, 4.69) is 23.4 Å². The number of hydrazine groups is 1. The molecule has 3 N–H and O–H groups in total. The molecule has 0 radical (unpaired) electrons. The molecule has 0 atom stereocenters. The number of para-hydroxylation sites is 1. The molecular formula is C14H17N3O. The summed E-state index contributed by atoms with van der Waals surface area (Å²) in [6.45, 7) is 2.56. The van der Waals surface area contributed by atoms with Gasteiger partial charge in [-0.15, -0.1) is 0 Å². The molecule has 18 heavy (non-hydrogen) atoms. The van der Waals surface area contributed by atoms with E-state index < -0.39 is 0 Å². The number of rotatable bonds is 5. The van der Waals surface area contributed by atoms with Gasteiger partial charge in [-0.2, -0.15) is 0 Å². The van der Waals surface area contributed by atoms with Crippen LogP contribution in [0, 0.1) is 0 Å². The number of aryl methyl sites for hydroxylation is 1. The van der Waals surface area contributed by atoms with Crippen LogP contribution in [0.2, 0.25) is 0 Å². The minimum Gasteiger partial charge on any atom is -0.488 e. The maximum atomic E-state index is 5.82. The van der Waals surface area contributed by atoms with Gasteiger partial charge in [0.15, 0.2) is 0 Å². The Morgan fingerprint density at radius 1 is 1.17 bits per heavy atom. The Morgan fingerprint density at radius 2 is 1.94 bits per heavy atom. The van der Waals surface area contributed by atoms with Crippen molar-refractivity contribution in [2.24, 2.45) is 5.84 Å². The number of pyridine rings is 1. The number of hydrogen-bond donors (Lipinski definition) is 2. The Kier molecular flexibility index (Phi) is 4.15. The molecule has 0 saturated heterocycles. The van der Waals surface area contributed by atoms with Crippen LogP contribution in [-0.2, 0) is 13.0 Å². The van der Waals surface area contributed by atoms with Gasteiger partial charge < -0.3 is 10.2 Å². The molecule has 0 amide bonds. The molecule has 0 unspecified atom stereocenters. The molecule has 0 bridgehead atoms. The number of anilines is 1. The summed E-state index contributed by atoms with van der Waals surface area (Å²) in [5.74, 6) is 6.96. The van der Waals surface area contributed by atoms with Gasteiger partial charge in [0.25, 0.3) is 0 Å². The second kappa shape index (κ2) is 6.02. The van der Waals surface area contributed by atoms with Gasteiger partial charge in [0, 0.05) is 11.8 Å². The van der Waals surface area contributed by atoms with E-state index in [0.717, 1.165) is 17.7 Å². The fraction of sp³-hybridized carbons (Fsp3) is 0.214. The molecule has 0 fully saturated rings. The number of ether oxygens (including phenoxy) is 1. The summed E-state index contributed by atoms with van der Waals surface area (Å²) < 4.78 is 5.82. The van der Waals surface area contributed by atoms with Crippen molar-refractivity contribution in [1.82, 2.24) is 4.98 Å². The second-order valence-corrected chi connectivity index (χ2v) is 3.91. The highest BCUT2D eigenvalue weighted by Crippen LogP contribution is 2.21. The van der Waals surface area contributed by atoms with Crippen molar-refractivity contribution in [3.8, 4) is 5.75 Å². The molecular weight excluding hydrogens is 226 g/mol. The lowest BCUT2D eigenvalue weighted by molar-refractivity contribution is 0.303. The molecule has 1 aromatic carbocycles. The van der Waals surface area contributed by atoms with Crippen LogP contribution in [0.4, 0.5) is 5.82 Å². The Labute approximate surface area is 107 Å². The van der Waals surface area contributed by atoms with E-state index in [4.69, 9.17) is 10.6 Å². The average molecular weight is 243 g/mol. The normalized spacial score (nSPS) is 10.1. The van der Waals surface area contributed by atoms with Crippen LogP contribution in [0.3, 0.4) is 0 Å². The summed E-state index contributed by atoms with van der Waals surface area (Å²) in [5.41, 5.74) is 4.70. The molecule has 2 rings (SSSR count). The zero-order valence-corrected chi connectivity index (χ0v) is 10.4. The van der Waals surface area contributed by atoms with Crippen molar-refractivity contribution in [3.05, 3.63) is 53.7 Å². The Bertz CT molecular complexity index is 466. The van der Waals surface area contributed by atoms with Crippen LogP contribution >= 0.6 is 0 Å². The standard InChI is InChI=1S/C14H17N3O/c1-2-11-6-3-4-8-13(11)18-10-12-7-5-9-16-14(12)17-15/h3-9H,2,10,15H2,1H3,(H,16,17). The highest BCUT2D eigenvalue weighted by molar-refractivity contribution is 5.42. The topological polar surface area (TPSA) is 60.2 Å². The summed E-state index contributed by atoms with van der Waals surface area (Å²) in [5, 5.41) is 0. The van der Waals surface area contributed by atoms with Crippen molar-refractivity contribution < 1.29 is 4.74 Å². The van der Waals surface area contributed by atoms with Gasteiger partial charge >= 0.3 is 0 Å². The summed E-state index contributed by atoms with van der Waals surface area (Å²) in [6.07, 6.45) is 2.64. The van der Waals surface area contributed by atoms with Crippen molar-refractivity contribution >= 4 is 5.82 Å². The number of nitrogens with zero attached hydrogens (tertiary/aromatic N) is 1. The first-order valence-electron chi connectivity index (χ1n) is 5.96. The first kappa shape index (κ1) is 12.4. The molecule has 0 aliphatic heterocycles. The van der Waals surface area contributed by atoms with Crippen molar-refractivity contribution in [3.63, 3.8) is 0 Å². The number of hydrogen-bond acceptors (Lipinski definition) is 4. The van der Waals surface area contributed by atoms with Gasteiger partial charge in [0.2, 0.25) is 0 Å². The minimum absolute atomic E-state index is 0.449. The van der Waals surface area contributed by atoms with Crippen LogP contribution in [-0.4, -0.2) is 4.98 Å². The molecule has 4 nitrogen and oxygen atoms in total. The zero-order valence-electron chi connectivity index (χ0n) is 10.4. The second-order valence-electron chi connectivity index (χ2n) is 3.91. The monoisotopic (exact) mass is 243 g/mol. The van der Waals surface area contributed by atoms with Gasteiger partial charge in [-0.25, -0.2) is 10.8 Å². The molecule has 2 aromatic rings. The lowest BCUT2D eigenvalue weighted by Crippen LogP contribution is -2.12. The summed E-state index contributed by atoms with van der Waals surface area (Å²) in [7, 11) is 0. The molecule has 94 valence electrons. The molecule has 1 heterocycles. The van der Waals surface area contributed by atoms with E-state index in [0.29, 0.717) is 12.4 Å². The van der Waals surface area contributed by atoms with Gasteiger partial charge in [-0.3, -0.25) is 0 Å². The summed E-state index contributed by atoms with van der Waals surface area (Å²) >= 11 is 0. The molecule has 4 heteroatoms. The summed E-state index contributed by atoms with van der Waals surface area (Å²) in [6, 6.07) is 11.8. The average Bonchev–Trinajstić information content (AvgIpc) is 2.45. The maximum absolute atomic E-state index is 5.82. The zero-order chi connectivity index (χ0) is 12.8. The minimum atomic E-state index is 0.449. The molecule has 1 aromatic heterocycles. The van der Waals surface area contributed by atoms with Gasteiger partial charge in [-0.05, 0) is 24.1 Å². The maximum Gasteiger partial charge on any atom is 0.146 e. The van der Waals surface area contributed by atoms with E-state index >= 15 is 0 Å². The first-order chi connectivity index (χ1) is 8.85. The predicted octanol–water partition coefficient (Wildman–Crippen LogP) is 2.51. The lowest BCUT2D eigenvalue weighted by Gasteiger charge is -2.12. The number of nitrogens with two attached hydrogens (primary N) is 1. The lowest BCUT2D eigenvalue weighted by atomic mass is 10.1. The number of benzene rings is 1. The fourth-order valence-electron chi connectivity index (χ4n) is 1.78. The molecule has 0 spiro atoms. The van der Waals surface area contributed by atoms with Gasteiger partial charge in [0.1, 0.15) is 18.2 Å². The first-order valence-corrected chi connectivity index (χ1v) is 5.96. The van der Waals surface area contributed by atoms with E-state index in [1.165, 1.54) is 5.56 Å². The van der Waals surface area contributed by atoms with Crippen LogP contribution in [0.5, 0.6) is 5.75 Å². The fourth-order valence-corrected chi connectivity index (χ4v) is 1.78. The third kappa shape index (κ3) is 2.78. The van der Waals surface area contributed by atoms with Gasteiger partial charge in [-0.1, -0.05) is 31.2 Å². The van der Waals surface area contributed by atoms with E-state index in [1.54, 1.807) is 6.20 Å². The van der Waals surface area contributed by atoms with E-state index in [9.17, 15) is 0 Å². The smallest absolute Gasteiger partial charge is 0.146 e. The molecule has 0 aliphatic carbocycles. The Hall–Kier alpha value is -2.07. The Morgan fingerprint density at radius 3 is 2.72 bits per heavy atom. The SMILES string of the molecule is CCc1ccccc1OCc1cccnc1NN. The van der Waals surface area contributed by atoms with Crippen LogP contribution in [0.25, 0.3) is 0 Å².